The standard InChI is InChI=1S/C18H19BrClN3O2S/c1-23-15-5-3-2-4-13(15)18(22-9-8-21-17(24)11-19)14-7-6-12(20)10-16(14)26(23)25/h2-7,10,18,22H,8-9,11H2,1H3,(H,21,24). The van der Waals surface area contributed by atoms with Crippen LogP contribution < -0.4 is 14.9 Å². The van der Waals surface area contributed by atoms with Gasteiger partial charge in [0.15, 0.2) is 11.0 Å². The van der Waals surface area contributed by atoms with Crippen molar-refractivity contribution in [3.05, 3.63) is 58.6 Å². The van der Waals surface area contributed by atoms with Crippen LogP contribution >= 0.6 is 27.5 Å². The van der Waals surface area contributed by atoms with Gasteiger partial charge < -0.3 is 10.6 Å². The average molecular weight is 457 g/mol. The van der Waals surface area contributed by atoms with Crippen molar-refractivity contribution < 1.29 is 9.00 Å². The summed E-state index contributed by atoms with van der Waals surface area (Å²) in [5, 5.41) is 7.14. The van der Waals surface area contributed by atoms with E-state index in [1.165, 1.54) is 0 Å². The molecule has 1 aliphatic heterocycles. The first kappa shape index (κ1) is 19.4. The van der Waals surface area contributed by atoms with Gasteiger partial charge in [0, 0.05) is 25.2 Å². The number of rotatable bonds is 5. The van der Waals surface area contributed by atoms with E-state index >= 15 is 0 Å². The van der Waals surface area contributed by atoms with E-state index in [9.17, 15) is 9.00 Å². The van der Waals surface area contributed by atoms with Crippen LogP contribution in [0.1, 0.15) is 17.2 Å². The number of halogens is 2. The minimum Gasteiger partial charge on any atom is -0.354 e. The molecule has 3 rings (SSSR count). The van der Waals surface area contributed by atoms with Gasteiger partial charge in [0.2, 0.25) is 5.91 Å². The number of fused-ring (bicyclic) bond motifs is 2. The highest BCUT2D eigenvalue weighted by atomic mass is 79.9. The Hall–Kier alpha value is -1.41. The summed E-state index contributed by atoms with van der Waals surface area (Å²) in [5.74, 6) is -0.0546. The van der Waals surface area contributed by atoms with Gasteiger partial charge in [0.05, 0.1) is 22.0 Å². The molecule has 0 bridgehead atoms. The lowest BCUT2D eigenvalue weighted by Crippen LogP contribution is -2.34. The minimum absolute atomic E-state index is 0.0546. The third kappa shape index (κ3) is 3.96. The number of nitrogens with zero attached hydrogens (tertiary/aromatic N) is 1. The van der Waals surface area contributed by atoms with E-state index in [0.29, 0.717) is 23.0 Å². The van der Waals surface area contributed by atoms with Crippen molar-refractivity contribution in [1.82, 2.24) is 10.6 Å². The predicted molar refractivity (Wildman–Crippen MR) is 109 cm³/mol. The summed E-state index contributed by atoms with van der Waals surface area (Å²) in [6.07, 6.45) is 0. The third-order valence-electron chi connectivity index (χ3n) is 4.23. The molecule has 138 valence electrons. The van der Waals surface area contributed by atoms with Crippen LogP contribution in [0.5, 0.6) is 0 Å². The Balaban J connectivity index is 1.96. The molecule has 0 fully saturated rings. The van der Waals surface area contributed by atoms with Crippen LogP contribution in [0.15, 0.2) is 47.4 Å². The van der Waals surface area contributed by atoms with Gasteiger partial charge in [0.1, 0.15) is 0 Å². The van der Waals surface area contributed by atoms with Gasteiger partial charge in [0.25, 0.3) is 0 Å². The van der Waals surface area contributed by atoms with Crippen molar-refractivity contribution in [3.63, 3.8) is 0 Å². The maximum atomic E-state index is 13.0. The van der Waals surface area contributed by atoms with E-state index in [1.807, 2.05) is 43.4 Å². The topological polar surface area (TPSA) is 61.4 Å². The lowest BCUT2D eigenvalue weighted by Gasteiger charge is -2.22. The van der Waals surface area contributed by atoms with Gasteiger partial charge in [-0.1, -0.05) is 51.8 Å². The van der Waals surface area contributed by atoms with E-state index in [1.54, 1.807) is 10.4 Å². The molecule has 1 heterocycles. The van der Waals surface area contributed by atoms with Crippen molar-refractivity contribution in [3.8, 4) is 0 Å². The molecule has 0 spiro atoms. The summed E-state index contributed by atoms with van der Waals surface area (Å²) in [6, 6.07) is 13.2. The van der Waals surface area contributed by atoms with Crippen molar-refractivity contribution >= 4 is 50.1 Å². The number of benzene rings is 2. The summed E-state index contributed by atoms with van der Waals surface area (Å²) in [6.45, 7) is 1.08. The molecule has 8 heteroatoms. The number of amides is 1. The van der Waals surface area contributed by atoms with Crippen LogP contribution in [0.3, 0.4) is 0 Å². The zero-order valence-electron chi connectivity index (χ0n) is 14.2. The second-order valence-electron chi connectivity index (χ2n) is 5.86. The smallest absolute Gasteiger partial charge is 0.230 e. The van der Waals surface area contributed by atoms with Crippen molar-refractivity contribution in [2.75, 3.05) is 29.8 Å². The molecule has 0 aromatic heterocycles. The van der Waals surface area contributed by atoms with Crippen molar-refractivity contribution in [2.45, 2.75) is 10.9 Å². The van der Waals surface area contributed by atoms with Gasteiger partial charge in [-0.15, -0.1) is 0 Å². The van der Waals surface area contributed by atoms with Crippen LogP contribution in [-0.4, -0.2) is 35.6 Å². The molecular weight excluding hydrogens is 438 g/mol. The van der Waals surface area contributed by atoms with Gasteiger partial charge >= 0.3 is 0 Å². The number of alkyl halides is 1. The first-order chi connectivity index (χ1) is 12.5. The fourth-order valence-corrected chi connectivity index (χ4v) is 4.70. The van der Waals surface area contributed by atoms with Crippen LogP contribution in [0.25, 0.3) is 0 Å². The number of hydrogen-bond donors (Lipinski definition) is 2. The quantitative estimate of drug-likeness (QED) is 0.537. The molecule has 26 heavy (non-hydrogen) atoms. The zero-order chi connectivity index (χ0) is 18.7. The fourth-order valence-electron chi connectivity index (χ4n) is 3.01. The monoisotopic (exact) mass is 455 g/mol. The highest BCUT2D eigenvalue weighted by Crippen LogP contribution is 2.39. The summed E-state index contributed by atoms with van der Waals surface area (Å²) in [7, 11) is 0.465. The summed E-state index contributed by atoms with van der Waals surface area (Å²) >= 11 is 9.29. The maximum Gasteiger partial charge on any atom is 0.230 e. The van der Waals surface area contributed by atoms with Gasteiger partial charge in [-0.05, 0) is 29.3 Å². The molecule has 2 aromatic carbocycles. The van der Waals surface area contributed by atoms with E-state index in [-0.39, 0.29) is 17.3 Å². The van der Waals surface area contributed by atoms with E-state index in [4.69, 9.17) is 11.6 Å². The Labute approximate surface area is 168 Å². The number of carbonyl (C=O) groups is 1. The Morgan fingerprint density at radius 1 is 1.23 bits per heavy atom. The fraction of sp³-hybridized carbons (Fsp3) is 0.278. The maximum absolute atomic E-state index is 13.0. The number of carbonyl (C=O) groups excluding carboxylic acids is 1. The van der Waals surface area contributed by atoms with Crippen LogP contribution in [0.2, 0.25) is 5.02 Å². The lowest BCUT2D eigenvalue weighted by molar-refractivity contribution is -0.118. The highest BCUT2D eigenvalue weighted by Gasteiger charge is 2.29. The predicted octanol–water partition coefficient (Wildman–Crippen LogP) is 3.00. The molecule has 2 N–H and O–H groups in total. The second kappa shape index (κ2) is 8.52. The Bertz CT molecular complexity index is 849. The van der Waals surface area contributed by atoms with Gasteiger partial charge in [-0.25, -0.2) is 4.21 Å². The van der Waals surface area contributed by atoms with Crippen molar-refractivity contribution in [2.24, 2.45) is 0 Å². The lowest BCUT2D eigenvalue weighted by atomic mass is 9.97. The Morgan fingerprint density at radius 2 is 2.00 bits per heavy atom. The third-order valence-corrected chi connectivity index (χ3v) is 6.40. The molecule has 1 amide bonds. The van der Waals surface area contributed by atoms with Crippen LogP contribution in [0, 0.1) is 0 Å². The molecule has 2 atom stereocenters. The van der Waals surface area contributed by atoms with Crippen molar-refractivity contribution in [1.29, 1.82) is 0 Å². The summed E-state index contributed by atoms with van der Waals surface area (Å²) in [5.41, 5.74) is 2.87. The van der Waals surface area contributed by atoms with E-state index in [0.717, 1.165) is 16.8 Å². The van der Waals surface area contributed by atoms with Gasteiger partial charge in [-0.2, -0.15) is 0 Å². The number of para-hydroxylation sites is 1. The average Bonchev–Trinajstić information content (AvgIpc) is 2.74. The SMILES string of the molecule is CN1c2ccccc2C(NCCNC(=O)CBr)c2ccc(Cl)cc2S1=O. The number of anilines is 1. The van der Waals surface area contributed by atoms with E-state index in [2.05, 4.69) is 26.6 Å². The normalized spacial score (nSPS) is 18.7. The first-order valence-electron chi connectivity index (χ1n) is 8.13. The molecule has 2 aromatic rings. The zero-order valence-corrected chi connectivity index (χ0v) is 17.3. The van der Waals surface area contributed by atoms with E-state index < -0.39 is 11.0 Å². The Morgan fingerprint density at radius 3 is 2.77 bits per heavy atom. The Kier molecular flexibility index (Phi) is 6.34. The van der Waals surface area contributed by atoms with Crippen LogP contribution in [-0.2, 0) is 15.8 Å². The molecule has 0 saturated carbocycles. The molecule has 5 nitrogen and oxygen atoms in total. The van der Waals surface area contributed by atoms with Gasteiger partial charge in [-0.3, -0.25) is 9.10 Å². The minimum atomic E-state index is -1.35. The second-order valence-corrected chi connectivity index (χ2v) is 8.34. The highest BCUT2D eigenvalue weighted by molar-refractivity contribution is 9.09. The first-order valence-corrected chi connectivity index (χ1v) is 10.7. The molecule has 0 saturated heterocycles. The number of nitrogens with one attached hydrogen (secondary N) is 2. The molecule has 2 unspecified atom stereocenters. The molecular formula is C18H19BrClN3O2S. The molecule has 0 radical (unpaired) electrons. The largest absolute Gasteiger partial charge is 0.354 e. The van der Waals surface area contributed by atoms with Crippen LogP contribution in [0.4, 0.5) is 5.69 Å². The molecule has 0 aliphatic carbocycles. The summed E-state index contributed by atoms with van der Waals surface area (Å²) in [4.78, 5) is 12.1. The molecule has 1 aliphatic rings. The number of hydrogen-bond acceptors (Lipinski definition) is 3. The summed E-state index contributed by atoms with van der Waals surface area (Å²) < 4.78 is 14.8.